The van der Waals surface area contributed by atoms with Crippen LogP contribution >= 0.6 is 0 Å². The van der Waals surface area contributed by atoms with Crippen LogP contribution in [0, 0.1) is 6.92 Å². The highest BCUT2D eigenvalue weighted by Crippen LogP contribution is 2.24. The number of aryl methyl sites for hydroxylation is 1. The average molecular weight is 206 g/mol. The smallest absolute Gasteiger partial charge is 0.339 e. The largest absolute Gasteiger partial charge is 0.465 e. The van der Waals surface area contributed by atoms with Gasteiger partial charge in [-0.1, -0.05) is 0 Å². The van der Waals surface area contributed by atoms with E-state index in [1.165, 1.54) is 20.0 Å². The van der Waals surface area contributed by atoms with Gasteiger partial charge in [0, 0.05) is 12.2 Å². The van der Waals surface area contributed by atoms with Crippen molar-refractivity contribution >= 4 is 11.8 Å². The molecule has 1 aliphatic carbocycles. The Kier molecular flexibility index (Phi) is 2.58. The molecule has 1 aromatic rings. The average Bonchev–Trinajstić information content (AvgIpc) is 3.01. The van der Waals surface area contributed by atoms with Crippen LogP contribution < -0.4 is 5.32 Å². The molecule has 0 atom stereocenters. The predicted molar refractivity (Wildman–Crippen MR) is 57.0 cm³/mol. The molecule has 15 heavy (non-hydrogen) atoms. The Hall–Kier alpha value is -1.58. The number of carbonyl (C=O) groups excluding carboxylic acids is 1. The van der Waals surface area contributed by atoms with Crippen molar-refractivity contribution in [3.05, 3.63) is 23.4 Å². The minimum atomic E-state index is -0.335. The summed E-state index contributed by atoms with van der Waals surface area (Å²) >= 11 is 0. The first kappa shape index (κ1) is 9.96. The molecule has 4 nitrogen and oxygen atoms in total. The number of aromatic nitrogens is 1. The molecule has 1 aromatic heterocycles. The van der Waals surface area contributed by atoms with Crippen molar-refractivity contribution in [1.82, 2.24) is 4.98 Å². The van der Waals surface area contributed by atoms with Crippen LogP contribution in [0.3, 0.4) is 0 Å². The molecule has 0 aromatic carbocycles. The number of nitrogens with zero attached hydrogens (tertiary/aromatic N) is 1. The lowest BCUT2D eigenvalue weighted by molar-refractivity contribution is 0.0599. The predicted octanol–water partition coefficient (Wildman–Crippen LogP) is 1.75. The quantitative estimate of drug-likeness (QED) is 0.765. The summed E-state index contributed by atoms with van der Waals surface area (Å²) in [7, 11) is 1.37. The summed E-state index contributed by atoms with van der Waals surface area (Å²) in [5.41, 5.74) is 1.42. The fourth-order valence-electron chi connectivity index (χ4n) is 1.40. The van der Waals surface area contributed by atoms with Gasteiger partial charge in [-0.3, -0.25) is 0 Å². The van der Waals surface area contributed by atoms with E-state index in [1.54, 1.807) is 6.20 Å². The van der Waals surface area contributed by atoms with Gasteiger partial charge in [0.25, 0.3) is 0 Å². The number of nitrogens with one attached hydrogen (secondary N) is 1. The summed E-state index contributed by atoms with van der Waals surface area (Å²) in [4.78, 5) is 15.5. The van der Waals surface area contributed by atoms with E-state index in [-0.39, 0.29) is 5.97 Å². The van der Waals surface area contributed by atoms with Gasteiger partial charge in [-0.05, 0) is 31.4 Å². The number of methoxy groups -OCH3 is 1. The van der Waals surface area contributed by atoms with Gasteiger partial charge in [-0.25, -0.2) is 9.78 Å². The first-order chi connectivity index (χ1) is 7.20. The zero-order chi connectivity index (χ0) is 10.8. The van der Waals surface area contributed by atoms with Gasteiger partial charge in [0.15, 0.2) is 0 Å². The van der Waals surface area contributed by atoms with Crippen LogP contribution in [-0.2, 0) is 4.74 Å². The van der Waals surface area contributed by atoms with Crippen LogP contribution in [0.5, 0.6) is 0 Å². The molecule has 0 radical (unpaired) electrons. The molecule has 2 rings (SSSR count). The van der Waals surface area contributed by atoms with Crippen LogP contribution in [0.15, 0.2) is 12.3 Å². The molecule has 1 N–H and O–H groups in total. The molecular weight excluding hydrogens is 192 g/mol. The Morgan fingerprint density at radius 1 is 1.60 bits per heavy atom. The number of ether oxygens (including phenoxy) is 1. The summed E-state index contributed by atoms with van der Waals surface area (Å²) in [5.74, 6) is 0.501. The van der Waals surface area contributed by atoms with E-state index in [4.69, 9.17) is 0 Å². The second-order valence-electron chi connectivity index (χ2n) is 3.79. The Morgan fingerprint density at radius 2 is 2.33 bits per heavy atom. The van der Waals surface area contributed by atoms with Crippen molar-refractivity contribution in [2.45, 2.75) is 25.8 Å². The fourth-order valence-corrected chi connectivity index (χ4v) is 1.40. The number of hydrogen-bond acceptors (Lipinski definition) is 4. The lowest BCUT2D eigenvalue weighted by atomic mass is 10.1. The first-order valence-corrected chi connectivity index (χ1v) is 5.02. The van der Waals surface area contributed by atoms with Crippen molar-refractivity contribution in [2.24, 2.45) is 0 Å². The Bertz CT molecular complexity index is 386. The van der Waals surface area contributed by atoms with Crippen LogP contribution in [0.25, 0.3) is 0 Å². The summed E-state index contributed by atoms with van der Waals surface area (Å²) in [6.45, 7) is 1.88. The first-order valence-electron chi connectivity index (χ1n) is 5.02. The van der Waals surface area contributed by atoms with Gasteiger partial charge in [0.1, 0.15) is 5.82 Å². The Morgan fingerprint density at radius 3 is 2.87 bits per heavy atom. The third-order valence-corrected chi connectivity index (χ3v) is 2.45. The van der Waals surface area contributed by atoms with Crippen LogP contribution in [-0.4, -0.2) is 24.1 Å². The van der Waals surface area contributed by atoms with E-state index < -0.39 is 0 Å². The summed E-state index contributed by atoms with van der Waals surface area (Å²) in [5, 5.41) is 3.28. The van der Waals surface area contributed by atoms with E-state index in [1.807, 2.05) is 13.0 Å². The molecule has 0 bridgehead atoms. The van der Waals surface area contributed by atoms with Crippen molar-refractivity contribution in [3.63, 3.8) is 0 Å². The molecule has 0 spiro atoms. The second kappa shape index (κ2) is 3.88. The van der Waals surface area contributed by atoms with Gasteiger partial charge in [0.2, 0.25) is 0 Å². The molecule has 1 fully saturated rings. The molecule has 0 aliphatic heterocycles. The number of carbonyl (C=O) groups is 1. The van der Waals surface area contributed by atoms with Gasteiger partial charge < -0.3 is 10.1 Å². The monoisotopic (exact) mass is 206 g/mol. The highest BCUT2D eigenvalue weighted by molar-refractivity contribution is 5.90. The highest BCUT2D eigenvalue weighted by atomic mass is 16.5. The normalized spacial score (nSPS) is 14.8. The third kappa shape index (κ3) is 2.26. The lowest BCUT2D eigenvalue weighted by Gasteiger charge is -2.07. The topological polar surface area (TPSA) is 51.2 Å². The molecule has 4 heteroatoms. The molecule has 1 aliphatic rings. The van der Waals surface area contributed by atoms with Crippen molar-refractivity contribution in [1.29, 1.82) is 0 Å². The van der Waals surface area contributed by atoms with E-state index in [0.29, 0.717) is 11.6 Å². The minimum Gasteiger partial charge on any atom is -0.465 e. The van der Waals surface area contributed by atoms with Gasteiger partial charge in [0.05, 0.1) is 12.7 Å². The maximum atomic E-state index is 11.3. The van der Waals surface area contributed by atoms with E-state index in [9.17, 15) is 4.79 Å². The molecule has 1 heterocycles. The number of hydrogen-bond donors (Lipinski definition) is 1. The number of rotatable bonds is 3. The standard InChI is InChI=1S/C11H14N2O2/c1-7-5-10(13-8-3-4-8)12-6-9(7)11(14)15-2/h5-6,8H,3-4H2,1-2H3,(H,12,13). The minimum absolute atomic E-state index is 0.335. The molecular formula is C11H14N2O2. The molecule has 0 amide bonds. The van der Waals surface area contributed by atoms with Gasteiger partial charge in [-0.15, -0.1) is 0 Å². The molecule has 1 saturated carbocycles. The Labute approximate surface area is 88.7 Å². The highest BCUT2D eigenvalue weighted by Gasteiger charge is 2.21. The Balaban J connectivity index is 2.17. The van der Waals surface area contributed by atoms with Crippen LogP contribution in [0.2, 0.25) is 0 Å². The SMILES string of the molecule is COC(=O)c1cnc(NC2CC2)cc1C. The molecule has 0 unspecified atom stereocenters. The van der Waals surface area contributed by atoms with Crippen molar-refractivity contribution in [2.75, 3.05) is 12.4 Å². The molecule has 80 valence electrons. The summed E-state index contributed by atoms with van der Waals surface area (Å²) in [6, 6.07) is 2.45. The van der Waals surface area contributed by atoms with E-state index in [2.05, 4.69) is 15.0 Å². The number of esters is 1. The van der Waals surface area contributed by atoms with Gasteiger partial charge >= 0.3 is 5.97 Å². The fraction of sp³-hybridized carbons (Fsp3) is 0.455. The zero-order valence-electron chi connectivity index (χ0n) is 8.91. The van der Waals surface area contributed by atoms with Crippen LogP contribution in [0.4, 0.5) is 5.82 Å². The number of pyridine rings is 1. The van der Waals surface area contributed by atoms with Gasteiger partial charge in [-0.2, -0.15) is 0 Å². The molecule has 0 saturated heterocycles. The summed E-state index contributed by atoms with van der Waals surface area (Å²) < 4.78 is 4.65. The third-order valence-electron chi connectivity index (χ3n) is 2.45. The van der Waals surface area contributed by atoms with E-state index in [0.717, 1.165) is 11.4 Å². The second-order valence-corrected chi connectivity index (χ2v) is 3.79. The van der Waals surface area contributed by atoms with Crippen LogP contribution in [0.1, 0.15) is 28.8 Å². The number of anilines is 1. The maximum absolute atomic E-state index is 11.3. The van der Waals surface area contributed by atoms with E-state index >= 15 is 0 Å². The van der Waals surface area contributed by atoms with Crippen molar-refractivity contribution < 1.29 is 9.53 Å². The van der Waals surface area contributed by atoms with Crippen molar-refractivity contribution in [3.8, 4) is 0 Å². The summed E-state index contributed by atoms with van der Waals surface area (Å²) in [6.07, 6.45) is 3.98. The zero-order valence-corrected chi connectivity index (χ0v) is 8.91. The maximum Gasteiger partial charge on any atom is 0.339 e. The lowest BCUT2D eigenvalue weighted by Crippen LogP contribution is -2.08.